The van der Waals surface area contributed by atoms with E-state index in [2.05, 4.69) is 55.0 Å². The van der Waals surface area contributed by atoms with E-state index in [1.165, 1.54) is 0 Å². The molecule has 4 aliphatic rings. The van der Waals surface area contributed by atoms with E-state index in [0.717, 1.165) is 50.1 Å². The van der Waals surface area contributed by atoms with Crippen molar-refractivity contribution in [2.45, 2.75) is 103 Å². The lowest BCUT2D eigenvalue weighted by Crippen LogP contribution is -2.51. The number of amides is 4. The highest BCUT2D eigenvalue weighted by molar-refractivity contribution is 7.90. The molecule has 4 heterocycles. The minimum Gasteiger partial charge on any atom is -0.379 e. The number of benzene rings is 6. The molecule has 0 aliphatic carbocycles. The molecule has 40 heteroatoms. The SMILES string of the molecule is CN1Cc2c(Cl)cc(Cl)cc2[C@H](c2cccc(S(=O)(=O)NCCOCCOCCOCCNC(=O)CCC(CCC(=O)NCCOCCOCCOCCNS(=O)(=O)c3cccc([C@@H]4CN(C)Cc5c(Cl)cc(Cl)cc54)c3)(CCC(=O)NCCOCCOCCOCCNS(=O)(=O)c3cccc([C@@H]4CN(C)Cc5c(Cl)cc(Cl)cc54)c3)NC(=O)CCN3CCOCC3)c2)C1. The Morgan fingerprint density at radius 3 is 0.946 bits per heavy atom. The fourth-order valence-electron chi connectivity index (χ4n) is 15.8. The van der Waals surface area contributed by atoms with Gasteiger partial charge in [-0.05, 0) is 163 Å². The second kappa shape index (κ2) is 54.0. The van der Waals surface area contributed by atoms with Crippen LogP contribution in [0, 0.1) is 0 Å². The van der Waals surface area contributed by atoms with Crippen LogP contribution < -0.4 is 35.4 Å². The Kier molecular flexibility index (Phi) is 44.0. The number of halogens is 6. The van der Waals surface area contributed by atoms with Crippen LogP contribution >= 0.6 is 69.6 Å². The van der Waals surface area contributed by atoms with Crippen LogP contribution in [-0.4, -0.2) is 306 Å². The number of hydrogen-bond donors (Lipinski definition) is 7. The van der Waals surface area contributed by atoms with E-state index in [0.29, 0.717) is 102 Å². The summed E-state index contributed by atoms with van der Waals surface area (Å²) in [5, 5.41) is 15.1. The van der Waals surface area contributed by atoms with Gasteiger partial charge in [0.1, 0.15) is 0 Å². The molecule has 0 aromatic heterocycles. The Hall–Kier alpha value is -5.89. The topological polar surface area (TPSA) is 360 Å². The van der Waals surface area contributed by atoms with Gasteiger partial charge in [0, 0.05) is 177 Å². The molecule has 6 aromatic carbocycles. The number of nitrogens with zero attached hydrogens (tertiary/aromatic N) is 4. The lowest BCUT2D eigenvalue weighted by Gasteiger charge is -2.36. The summed E-state index contributed by atoms with van der Waals surface area (Å²) in [5.74, 6) is -1.76. The van der Waals surface area contributed by atoms with Crippen molar-refractivity contribution in [1.29, 1.82) is 0 Å². The van der Waals surface area contributed by atoms with Gasteiger partial charge in [-0.25, -0.2) is 39.4 Å². The van der Waals surface area contributed by atoms with Gasteiger partial charge < -0.3 is 83.3 Å². The Balaban J connectivity index is 0.625. The van der Waals surface area contributed by atoms with Crippen LogP contribution in [0.3, 0.4) is 0 Å². The number of nitrogens with one attached hydrogen (secondary N) is 7. The molecule has 4 amide bonds. The van der Waals surface area contributed by atoms with Gasteiger partial charge in [-0.3, -0.25) is 24.1 Å². The first-order valence-electron chi connectivity index (χ1n) is 43.4. The number of ether oxygens (including phenoxy) is 10. The van der Waals surface area contributed by atoms with Crippen LogP contribution in [0.25, 0.3) is 0 Å². The normalized spacial score (nSPS) is 16.6. The molecule has 1 saturated heterocycles. The van der Waals surface area contributed by atoms with Crippen LogP contribution in [-0.2, 0) is 116 Å². The summed E-state index contributed by atoms with van der Waals surface area (Å²) in [5.41, 5.74) is 7.08. The van der Waals surface area contributed by atoms with E-state index >= 15 is 0 Å². The molecule has 31 nitrogen and oxygen atoms in total. The molecule has 0 radical (unpaired) electrons. The highest BCUT2D eigenvalue weighted by Gasteiger charge is 2.36. The van der Waals surface area contributed by atoms with Gasteiger partial charge in [-0.2, -0.15) is 0 Å². The molecule has 0 saturated carbocycles. The third-order valence-electron chi connectivity index (χ3n) is 22.4. The second-order valence-corrected chi connectivity index (χ2v) is 40.0. The van der Waals surface area contributed by atoms with Gasteiger partial charge in [0.25, 0.3) is 0 Å². The summed E-state index contributed by atoms with van der Waals surface area (Å²) >= 11 is 39.0. The number of fused-ring (bicyclic) bond motifs is 3. The monoisotopic (exact) mass is 1970 g/mol. The molecular formula is C89H121Cl6N11O20S3. The van der Waals surface area contributed by atoms with Crippen molar-refractivity contribution in [3.8, 4) is 0 Å². The predicted octanol–water partition coefficient (Wildman–Crippen LogP) is 8.99. The number of sulfonamides is 3. The van der Waals surface area contributed by atoms with E-state index in [1.807, 2.05) is 57.5 Å². The van der Waals surface area contributed by atoms with Crippen molar-refractivity contribution >= 4 is 123 Å². The van der Waals surface area contributed by atoms with Crippen molar-refractivity contribution in [1.82, 2.24) is 55.0 Å². The van der Waals surface area contributed by atoms with E-state index in [9.17, 15) is 44.4 Å². The number of hydrogen-bond acceptors (Lipinski definition) is 24. The van der Waals surface area contributed by atoms with Gasteiger partial charge in [0.05, 0.1) is 147 Å². The third kappa shape index (κ3) is 34.8. The molecule has 0 spiro atoms. The molecule has 129 heavy (non-hydrogen) atoms. The maximum atomic E-state index is 14.1. The summed E-state index contributed by atoms with van der Waals surface area (Å²) in [6.07, 6.45) is 0.131. The fraction of sp³-hybridized carbons (Fsp3) is 0.551. The average Bonchev–Trinajstić information content (AvgIpc) is 0.779. The van der Waals surface area contributed by atoms with E-state index in [1.54, 1.807) is 72.8 Å². The summed E-state index contributed by atoms with van der Waals surface area (Å²) in [6.45, 7) is 10.6. The maximum absolute atomic E-state index is 14.1. The molecule has 6 aromatic rings. The minimum atomic E-state index is -3.87. The smallest absolute Gasteiger partial charge is 0.240 e. The summed E-state index contributed by atoms with van der Waals surface area (Å²) in [6, 6.07) is 31.4. The number of morpholine rings is 1. The highest BCUT2D eigenvalue weighted by atomic mass is 35.5. The van der Waals surface area contributed by atoms with Gasteiger partial charge in [0.2, 0.25) is 53.7 Å². The van der Waals surface area contributed by atoms with Crippen LogP contribution in [0.2, 0.25) is 30.1 Å². The average molecular weight is 1970 g/mol. The molecule has 3 atom stereocenters. The summed E-state index contributed by atoms with van der Waals surface area (Å²) in [7, 11) is -5.64. The zero-order valence-corrected chi connectivity index (χ0v) is 80.3. The third-order valence-corrected chi connectivity index (χ3v) is 28.4. The minimum absolute atomic E-state index is 0.0330. The van der Waals surface area contributed by atoms with Crippen molar-refractivity contribution in [2.24, 2.45) is 0 Å². The highest BCUT2D eigenvalue weighted by Crippen LogP contribution is 2.43. The fourth-order valence-corrected chi connectivity index (χ4v) is 20.7. The van der Waals surface area contributed by atoms with Crippen LogP contribution in [0.1, 0.15) is 113 Å². The van der Waals surface area contributed by atoms with Crippen molar-refractivity contribution < 1.29 is 91.8 Å². The molecule has 1 fully saturated rings. The van der Waals surface area contributed by atoms with Crippen LogP contribution in [0.5, 0.6) is 0 Å². The Morgan fingerprint density at radius 1 is 0.372 bits per heavy atom. The quantitative estimate of drug-likeness (QED) is 0.0175. The van der Waals surface area contributed by atoms with Crippen molar-refractivity contribution in [2.75, 3.05) is 232 Å². The van der Waals surface area contributed by atoms with Crippen molar-refractivity contribution in [3.63, 3.8) is 0 Å². The first-order valence-corrected chi connectivity index (χ1v) is 50.1. The molecule has 0 bridgehead atoms. The predicted molar refractivity (Wildman–Crippen MR) is 496 cm³/mol. The first-order chi connectivity index (χ1) is 62.0. The lowest BCUT2D eigenvalue weighted by molar-refractivity contribution is -0.127. The second-order valence-electron chi connectivity index (χ2n) is 32.1. The number of carbonyl (C=O) groups excluding carboxylic acids is 4. The van der Waals surface area contributed by atoms with E-state index in [-0.39, 0.29) is 259 Å². The zero-order valence-electron chi connectivity index (χ0n) is 73.3. The first kappa shape index (κ1) is 105. The lowest BCUT2D eigenvalue weighted by atomic mass is 9.83. The standard InChI is InChI=1S/C89H121Cl6N11O20S3/c1-103-58-76(73-52-67(90)55-82(93)79(73)61-103)64-7-4-10-70(49-64)127(111,112)99-23-32-120-40-46-124-43-37-117-29-20-96-85(107)13-17-89(102-88(110)16-26-106-27-35-123-36-28-106,18-14-86(108)97-21-30-118-38-44-125-47-41-121-33-24-100-128(113,114)71-11-5-8-65(50-71)77-59-104(2)62-80-74(77)53-68(91)56-83(80)94)19-15-87(109)98-22-31-119-39-45-126-48-42-122-34-25-101-129(115,116)72-12-6-9-66(51-72)78-60-105(3)63-81-75(78)54-69(92)57-84(81)95/h4-12,49-57,76-78,99-101H,13-48,58-63H2,1-3H3,(H,96,107)(H,97,108)(H,98,109)(H,102,110)/t76-,77-,78-/m0/s1. The molecule has 7 N–H and O–H groups in total. The van der Waals surface area contributed by atoms with E-state index in [4.69, 9.17) is 117 Å². The zero-order chi connectivity index (χ0) is 92.2. The number of carbonyl (C=O) groups is 4. The summed E-state index contributed by atoms with van der Waals surface area (Å²) in [4.78, 5) is 64.0. The van der Waals surface area contributed by atoms with Gasteiger partial charge in [0.15, 0.2) is 0 Å². The van der Waals surface area contributed by atoms with E-state index < -0.39 is 35.6 Å². The number of likely N-dealkylation sites (N-methyl/N-ethyl adjacent to an activating group) is 3. The Bertz CT molecular complexity index is 4530. The number of rotatable bonds is 58. The van der Waals surface area contributed by atoms with Gasteiger partial charge in [-0.1, -0.05) is 106 Å². The molecule has 10 rings (SSSR count). The Morgan fingerprint density at radius 2 is 0.651 bits per heavy atom. The van der Waals surface area contributed by atoms with Crippen molar-refractivity contribution in [3.05, 3.63) is 189 Å². The molecule has 4 aliphatic heterocycles. The largest absolute Gasteiger partial charge is 0.379 e. The maximum Gasteiger partial charge on any atom is 0.240 e. The van der Waals surface area contributed by atoms with Gasteiger partial charge in [-0.15, -0.1) is 0 Å². The Labute approximate surface area is 788 Å². The van der Waals surface area contributed by atoms with Crippen LogP contribution in [0.15, 0.2) is 124 Å². The molecule has 712 valence electrons. The van der Waals surface area contributed by atoms with Crippen LogP contribution in [0.4, 0.5) is 0 Å². The molecule has 0 unspecified atom stereocenters. The molecular weight excluding hydrogens is 1850 g/mol. The summed E-state index contributed by atoms with van der Waals surface area (Å²) < 4.78 is 145. The van der Waals surface area contributed by atoms with Gasteiger partial charge >= 0.3 is 0 Å².